The summed E-state index contributed by atoms with van der Waals surface area (Å²) in [4.78, 5) is 2.52. The summed E-state index contributed by atoms with van der Waals surface area (Å²) in [6.07, 6.45) is 5.80. The van der Waals surface area contributed by atoms with Crippen molar-refractivity contribution >= 4 is 0 Å². The zero-order chi connectivity index (χ0) is 14.5. The van der Waals surface area contributed by atoms with Gasteiger partial charge in [0.2, 0.25) is 0 Å². The van der Waals surface area contributed by atoms with Crippen LogP contribution >= 0.6 is 0 Å². The van der Waals surface area contributed by atoms with Crippen LogP contribution in [0.4, 0.5) is 0 Å². The van der Waals surface area contributed by atoms with Gasteiger partial charge in [-0.1, -0.05) is 0 Å². The van der Waals surface area contributed by atoms with Crippen LogP contribution in [0.3, 0.4) is 0 Å². The highest BCUT2D eigenvalue weighted by Crippen LogP contribution is 2.19. The van der Waals surface area contributed by atoms with Crippen LogP contribution in [0.25, 0.3) is 0 Å². The van der Waals surface area contributed by atoms with Gasteiger partial charge in [0, 0.05) is 44.9 Å². The average molecular weight is 293 g/mol. The monoisotopic (exact) mass is 293 g/mol. The molecule has 0 amide bonds. The van der Waals surface area contributed by atoms with E-state index in [2.05, 4.69) is 27.7 Å². The molecule has 1 aromatic rings. The zero-order valence-electron chi connectivity index (χ0n) is 13.0. The number of hydrogen-bond donors (Lipinski definition) is 0. The molecule has 21 heavy (non-hydrogen) atoms. The van der Waals surface area contributed by atoms with Gasteiger partial charge >= 0.3 is 0 Å². The number of aryl methyl sites for hydroxylation is 1. The predicted molar refractivity (Wildman–Crippen MR) is 81.1 cm³/mol. The molecular formula is C16H27N3O2. The highest BCUT2D eigenvalue weighted by Gasteiger charge is 2.23. The molecule has 1 atom stereocenters. The molecule has 0 saturated carbocycles. The van der Waals surface area contributed by atoms with Gasteiger partial charge in [-0.15, -0.1) is 0 Å². The Bertz CT molecular complexity index is 421. The van der Waals surface area contributed by atoms with E-state index >= 15 is 0 Å². The molecule has 2 fully saturated rings. The number of ether oxygens (including phenoxy) is 2. The lowest BCUT2D eigenvalue weighted by atomic mass is 10.1. The van der Waals surface area contributed by atoms with Crippen molar-refractivity contribution in [2.75, 3.05) is 32.9 Å². The first-order chi connectivity index (χ1) is 10.3. The van der Waals surface area contributed by atoms with Gasteiger partial charge in [0.05, 0.1) is 25.0 Å². The molecule has 1 unspecified atom stereocenters. The molecule has 118 valence electrons. The third kappa shape index (κ3) is 4.05. The van der Waals surface area contributed by atoms with Crippen molar-refractivity contribution in [2.45, 2.75) is 45.4 Å². The van der Waals surface area contributed by atoms with Crippen molar-refractivity contribution in [3.8, 4) is 0 Å². The first-order valence-electron chi connectivity index (χ1n) is 8.27. The molecular weight excluding hydrogens is 266 g/mol. The summed E-state index contributed by atoms with van der Waals surface area (Å²) in [5.41, 5.74) is 1.32. The van der Waals surface area contributed by atoms with Crippen molar-refractivity contribution in [3.63, 3.8) is 0 Å². The third-order valence-electron chi connectivity index (χ3n) is 4.62. The van der Waals surface area contributed by atoms with Crippen molar-refractivity contribution in [3.05, 3.63) is 18.0 Å². The summed E-state index contributed by atoms with van der Waals surface area (Å²) in [5.74, 6) is 0.627. The van der Waals surface area contributed by atoms with Crippen LogP contribution in [0.1, 0.15) is 31.9 Å². The summed E-state index contributed by atoms with van der Waals surface area (Å²) in [5, 5.41) is 4.34. The van der Waals surface area contributed by atoms with E-state index in [1.54, 1.807) is 0 Å². The van der Waals surface area contributed by atoms with E-state index in [0.717, 1.165) is 58.8 Å². The minimum absolute atomic E-state index is 0.443. The second-order valence-electron chi connectivity index (χ2n) is 6.18. The first kappa shape index (κ1) is 15.0. The molecule has 2 aliphatic heterocycles. The normalized spacial score (nSPS) is 24.7. The Labute approximate surface area is 127 Å². The van der Waals surface area contributed by atoms with Gasteiger partial charge in [0.15, 0.2) is 0 Å². The summed E-state index contributed by atoms with van der Waals surface area (Å²) in [6, 6.07) is 2.13. The van der Waals surface area contributed by atoms with E-state index in [-0.39, 0.29) is 0 Å². The molecule has 0 spiro atoms. The molecule has 0 bridgehead atoms. The minimum atomic E-state index is 0.443. The Morgan fingerprint density at radius 2 is 2.19 bits per heavy atom. The quantitative estimate of drug-likeness (QED) is 0.803. The number of nitrogens with zero attached hydrogens (tertiary/aromatic N) is 3. The maximum absolute atomic E-state index is 6.07. The highest BCUT2D eigenvalue weighted by molar-refractivity contribution is 5.00. The molecule has 2 saturated heterocycles. The van der Waals surface area contributed by atoms with Gasteiger partial charge in [0.1, 0.15) is 0 Å². The fourth-order valence-electron chi connectivity index (χ4n) is 3.23. The fourth-order valence-corrected chi connectivity index (χ4v) is 3.23. The van der Waals surface area contributed by atoms with Gasteiger partial charge < -0.3 is 9.47 Å². The molecule has 3 heterocycles. The van der Waals surface area contributed by atoms with Crippen molar-refractivity contribution in [1.82, 2.24) is 14.7 Å². The number of piperidine rings is 1. The van der Waals surface area contributed by atoms with Gasteiger partial charge in [-0.25, -0.2) is 0 Å². The highest BCUT2D eigenvalue weighted by atomic mass is 16.5. The lowest BCUT2D eigenvalue weighted by Gasteiger charge is -2.32. The number of rotatable bonds is 6. The lowest BCUT2D eigenvalue weighted by molar-refractivity contribution is -0.0120. The van der Waals surface area contributed by atoms with Gasteiger partial charge in [0.25, 0.3) is 0 Å². The Balaban J connectivity index is 1.38. The smallest absolute Gasteiger partial charge is 0.0599 e. The van der Waals surface area contributed by atoms with Crippen molar-refractivity contribution < 1.29 is 9.47 Å². The van der Waals surface area contributed by atoms with E-state index in [1.165, 1.54) is 12.1 Å². The Kier molecular flexibility index (Phi) is 5.27. The van der Waals surface area contributed by atoms with Crippen LogP contribution in [0.5, 0.6) is 0 Å². The third-order valence-corrected chi connectivity index (χ3v) is 4.62. The zero-order valence-corrected chi connectivity index (χ0v) is 13.0. The van der Waals surface area contributed by atoms with Gasteiger partial charge in [-0.3, -0.25) is 9.58 Å². The maximum atomic E-state index is 6.07. The first-order valence-corrected chi connectivity index (χ1v) is 8.27. The van der Waals surface area contributed by atoms with Crippen molar-refractivity contribution in [2.24, 2.45) is 5.92 Å². The van der Waals surface area contributed by atoms with Crippen LogP contribution in [-0.2, 0) is 22.6 Å². The van der Waals surface area contributed by atoms with E-state index < -0.39 is 0 Å². The Morgan fingerprint density at radius 1 is 1.33 bits per heavy atom. The van der Waals surface area contributed by atoms with Crippen LogP contribution in [-0.4, -0.2) is 53.7 Å². The molecule has 3 rings (SSSR count). The summed E-state index contributed by atoms with van der Waals surface area (Å²) < 4.78 is 13.6. The second kappa shape index (κ2) is 7.38. The van der Waals surface area contributed by atoms with Crippen LogP contribution < -0.4 is 0 Å². The Hall–Kier alpha value is -0.910. The Morgan fingerprint density at radius 3 is 2.90 bits per heavy atom. The fraction of sp³-hybridized carbons (Fsp3) is 0.812. The van der Waals surface area contributed by atoms with E-state index in [9.17, 15) is 0 Å². The average Bonchev–Trinajstić information content (AvgIpc) is 3.17. The molecule has 2 aliphatic rings. The maximum Gasteiger partial charge on any atom is 0.0599 e. The standard InChI is InChI=1S/C16H27N3O2/c1-2-19-15(3-7-17-19)11-18-8-4-16(5-9-18)21-13-14-6-10-20-12-14/h3,7,14,16H,2,4-6,8-13H2,1H3. The van der Waals surface area contributed by atoms with E-state index in [4.69, 9.17) is 9.47 Å². The molecule has 1 aromatic heterocycles. The number of likely N-dealkylation sites (tertiary alicyclic amines) is 1. The number of hydrogen-bond acceptors (Lipinski definition) is 4. The topological polar surface area (TPSA) is 39.5 Å². The van der Waals surface area contributed by atoms with Gasteiger partial charge in [-0.05, 0) is 32.3 Å². The van der Waals surface area contributed by atoms with E-state index in [0.29, 0.717) is 12.0 Å². The molecule has 0 aromatic carbocycles. The summed E-state index contributed by atoms with van der Waals surface area (Å²) in [7, 11) is 0. The van der Waals surface area contributed by atoms with Crippen LogP contribution in [0, 0.1) is 5.92 Å². The number of aromatic nitrogens is 2. The predicted octanol–water partition coefficient (Wildman–Crippen LogP) is 1.92. The molecule has 5 heteroatoms. The van der Waals surface area contributed by atoms with E-state index in [1.807, 2.05) is 6.20 Å². The molecule has 5 nitrogen and oxygen atoms in total. The SMILES string of the molecule is CCn1nccc1CN1CCC(OCC2CCOC2)CC1. The molecule has 0 radical (unpaired) electrons. The largest absolute Gasteiger partial charge is 0.381 e. The second-order valence-corrected chi connectivity index (χ2v) is 6.18. The molecule has 0 N–H and O–H groups in total. The van der Waals surface area contributed by atoms with Crippen molar-refractivity contribution in [1.29, 1.82) is 0 Å². The van der Waals surface area contributed by atoms with Crippen LogP contribution in [0.15, 0.2) is 12.3 Å². The van der Waals surface area contributed by atoms with Gasteiger partial charge in [-0.2, -0.15) is 5.10 Å². The minimum Gasteiger partial charge on any atom is -0.381 e. The lowest BCUT2D eigenvalue weighted by Crippen LogP contribution is -2.37. The summed E-state index contributed by atoms with van der Waals surface area (Å²) in [6.45, 7) is 9.04. The molecule has 0 aliphatic carbocycles. The summed E-state index contributed by atoms with van der Waals surface area (Å²) >= 11 is 0. The van der Waals surface area contributed by atoms with Crippen LogP contribution in [0.2, 0.25) is 0 Å².